The average molecular weight is 295 g/mol. The molecule has 0 aliphatic rings. The number of rotatable bonds is 4. The molecule has 1 aromatic rings. The third-order valence-electron chi connectivity index (χ3n) is 2.09. The topological polar surface area (TPSA) is 63.2 Å². The van der Waals surface area contributed by atoms with Crippen molar-refractivity contribution in [1.82, 2.24) is 5.32 Å². The van der Waals surface area contributed by atoms with Gasteiger partial charge in [0.1, 0.15) is 6.54 Å². The van der Waals surface area contributed by atoms with Crippen molar-refractivity contribution in [1.29, 1.82) is 0 Å². The Hall–Kier alpha value is -1.57. The van der Waals surface area contributed by atoms with Gasteiger partial charge in [0.25, 0.3) is 5.91 Å². The van der Waals surface area contributed by atoms with E-state index < -0.39 is 28.5 Å². The van der Waals surface area contributed by atoms with Gasteiger partial charge in [-0.3, -0.25) is 4.79 Å². The van der Waals surface area contributed by atoms with Crippen molar-refractivity contribution in [2.45, 2.75) is 11.9 Å². The lowest BCUT2D eigenvalue weighted by Crippen LogP contribution is -2.33. The normalized spacial score (nSPS) is 12.2. The number of hydrogen-bond acceptors (Lipinski definition) is 3. The number of carbonyl (C=O) groups is 1. The first-order chi connectivity index (χ1) is 8.57. The molecule has 0 saturated carbocycles. The number of benzene rings is 1. The highest BCUT2D eigenvalue weighted by Crippen LogP contribution is 2.13. The van der Waals surface area contributed by atoms with Crippen molar-refractivity contribution in [3.8, 4) is 0 Å². The van der Waals surface area contributed by atoms with Gasteiger partial charge in [0, 0.05) is 11.8 Å². The molecule has 0 heterocycles. The fourth-order valence-corrected chi connectivity index (χ4v) is 2.14. The van der Waals surface area contributed by atoms with E-state index in [1.165, 1.54) is 24.3 Å². The van der Waals surface area contributed by atoms with Gasteiger partial charge in [-0.25, -0.2) is 8.42 Å². The maximum absolute atomic E-state index is 11.9. The molecule has 4 nitrogen and oxygen atoms in total. The van der Waals surface area contributed by atoms with Crippen LogP contribution < -0.4 is 5.32 Å². The summed E-state index contributed by atoms with van der Waals surface area (Å²) >= 11 is 0. The van der Waals surface area contributed by atoms with Crippen LogP contribution in [0.25, 0.3) is 0 Å². The predicted octanol–water partition coefficient (Wildman–Crippen LogP) is 1.52. The molecule has 0 atom stereocenters. The monoisotopic (exact) mass is 295 g/mol. The highest BCUT2D eigenvalue weighted by molar-refractivity contribution is 7.89. The molecule has 0 spiro atoms. The second kappa shape index (κ2) is 5.60. The van der Waals surface area contributed by atoms with Gasteiger partial charge >= 0.3 is 6.18 Å². The minimum atomic E-state index is -4.47. The molecular formula is C11H12F3NO3S. The van der Waals surface area contributed by atoms with Crippen molar-refractivity contribution in [3.05, 3.63) is 35.4 Å². The molecular weight excluding hydrogens is 283 g/mol. The van der Waals surface area contributed by atoms with Crippen LogP contribution in [-0.4, -0.2) is 33.3 Å². The van der Waals surface area contributed by atoms with E-state index in [1.807, 2.05) is 0 Å². The summed E-state index contributed by atoms with van der Waals surface area (Å²) in [5.74, 6) is -1.04. The lowest BCUT2D eigenvalue weighted by Gasteiger charge is -2.08. The molecule has 0 radical (unpaired) electrons. The molecule has 8 heteroatoms. The van der Waals surface area contributed by atoms with E-state index in [9.17, 15) is 26.4 Å². The number of carbonyl (C=O) groups excluding carboxylic acids is 1. The van der Waals surface area contributed by atoms with Crippen molar-refractivity contribution in [2.75, 3.05) is 12.8 Å². The third-order valence-corrected chi connectivity index (χ3v) is 2.95. The number of hydrogen-bond donors (Lipinski definition) is 1. The molecule has 0 aliphatic heterocycles. The summed E-state index contributed by atoms with van der Waals surface area (Å²) in [6, 6.07) is 5.35. The Morgan fingerprint density at radius 2 is 1.74 bits per heavy atom. The summed E-state index contributed by atoms with van der Waals surface area (Å²) in [7, 11) is -3.19. The summed E-state index contributed by atoms with van der Waals surface area (Å²) in [5, 5.41) is 1.72. The van der Waals surface area contributed by atoms with Gasteiger partial charge in [-0.15, -0.1) is 0 Å². The number of nitrogens with one attached hydrogen (secondary N) is 1. The Balaban J connectivity index is 2.68. The second-order valence-corrected chi connectivity index (χ2v) is 6.21. The third kappa shape index (κ3) is 6.23. The summed E-state index contributed by atoms with van der Waals surface area (Å²) < 4.78 is 57.8. The Labute approximate surface area is 108 Å². The SMILES string of the molecule is CS(=O)(=O)Cc1ccc(C(=O)NCC(F)(F)F)cc1. The molecule has 1 amide bonds. The van der Waals surface area contributed by atoms with E-state index >= 15 is 0 Å². The Bertz CT molecular complexity index is 550. The molecule has 1 N–H and O–H groups in total. The predicted molar refractivity (Wildman–Crippen MR) is 63.4 cm³/mol. The molecule has 0 fully saturated rings. The highest BCUT2D eigenvalue weighted by Gasteiger charge is 2.27. The summed E-state index contributed by atoms with van der Waals surface area (Å²) in [4.78, 5) is 11.4. The van der Waals surface area contributed by atoms with E-state index in [-0.39, 0.29) is 11.3 Å². The largest absolute Gasteiger partial charge is 0.405 e. The maximum Gasteiger partial charge on any atom is 0.405 e. The first kappa shape index (κ1) is 15.5. The van der Waals surface area contributed by atoms with Crippen LogP contribution in [0.2, 0.25) is 0 Å². The number of alkyl halides is 3. The first-order valence-corrected chi connectivity index (χ1v) is 7.24. The van der Waals surface area contributed by atoms with Crippen molar-refractivity contribution >= 4 is 15.7 Å². The fraction of sp³-hybridized carbons (Fsp3) is 0.364. The zero-order chi connectivity index (χ0) is 14.7. The molecule has 106 valence electrons. The number of halogens is 3. The number of sulfone groups is 1. The summed E-state index contributed by atoms with van der Waals surface area (Å²) in [5.41, 5.74) is 0.511. The van der Waals surface area contributed by atoms with Crippen LogP contribution in [0, 0.1) is 0 Å². The van der Waals surface area contributed by atoms with Gasteiger partial charge in [-0.1, -0.05) is 12.1 Å². The summed E-state index contributed by atoms with van der Waals surface area (Å²) in [6.45, 7) is -1.41. The van der Waals surface area contributed by atoms with Crippen molar-refractivity contribution < 1.29 is 26.4 Å². The van der Waals surface area contributed by atoms with Crippen LogP contribution in [-0.2, 0) is 15.6 Å². The molecule has 0 unspecified atom stereocenters. The zero-order valence-corrected chi connectivity index (χ0v) is 10.8. The zero-order valence-electron chi connectivity index (χ0n) is 9.99. The fourth-order valence-electron chi connectivity index (χ4n) is 1.34. The molecule has 1 rings (SSSR count). The Morgan fingerprint density at radius 3 is 2.16 bits per heavy atom. The van der Waals surface area contributed by atoms with Crippen LogP contribution >= 0.6 is 0 Å². The second-order valence-electron chi connectivity index (χ2n) is 4.06. The van der Waals surface area contributed by atoms with E-state index in [0.29, 0.717) is 5.56 Å². The highest BCUT2D eigenvalue weighted by atomic mass is 32.2. The molecule has 1 aromatic carbocycles. The summed E-state index contributed by atoms with van der Waals surface area (Å²) in [6.07, 6.45) is -3.40. The first-order valence-electron chi connectivity index (χ1n) is 5.18. The molecule has 19 heavy (non-hydrogen) atoms. The molecule has 0 saturated heterocycles. The van der Waals surface area contributed by atoms with Crippen molar-refractivity contribution in [3.63, 3.8) is 0 Å². The van der Waals surface area contributed by atoms with Crippen LogP contribution in [0.5, 0.6) is 0 Å². The number of amides is 1. The lowest BCUT2D eigenvalue weighted by molar-refractivity contribution is -0.123. The van der Waals surface area contributed by atoms with Gasteiger partial charge in [0.05, 0.1) is 5.75 Å². The van der Waals surface area contributed by atoms with Crippen LogP contribution in [0.3, 0.4) is 0 Å². The molecule has 0 aliphatic carbocycles. The average Bonchev–Trinajstić information content (AvgIpc) is 2.23. The van der Waals surface area contributed by atoms with Crippen molar-refractivity contribution in [2.24, 2.45) is 0 Å². The minimum absolute atomic E-state index is 0.0431. The smallest absolute Gasteiger partial charge is 0.343 e. The van der Waals surface area contributed by atoms with Gasteiger partial charge in [0.2, 0.25) is 0 Å². The minimum Gasteiger partial charge on any atom is -0.343 e. The van der Waals surface area contributed by atoms with Gasteiger partial charge < -0.3 is 5.32 Å². The van der Waals surface area contributed by atoms with Crippen LogP contribution in [0.15, 0.2) is 24.3 Å². The maximum atomic E-state index is 11.9. The van der Waals surface area contributed by atoms with E-state index in [0.717, 1.165) is 6.26 Å². The quantitative estimate of drug-likeness (QED) is 0.916. The van der Waals surface area contributed by atoms with E-state index in [2.05, 4.69) is 0 Å². The van der Waals surface area contributed by atoms with Crippen LogP contribution in [0.4, 0.5) is 13.2 Å². The van der Waals surface area contributed by atoms with Gasteiger partial charge in [-0.05, 0) is 17.7 Å². The standard InChI is InChI=1S/C11H12F3NO3S/c1-19(17,18)6-8-2-4-9(5-3-8)10(16)15-7-11(12,13)14/h2-5H,6-7H2,1H3,(H,15,16). The lowest BCUT2D eigenvalue weighted by atomic mass is 10.1. The Morgan fingerprint density at radius 1 is 1.21 bits per heavy atom. The Kier molecular flexibility index (Phi) is 4.56. The molecule has 0 bridgehead atoms. The molecule has 0 aromatic heterocycles. The van der Waals surface area contributed by atoms with E-state index in [1.54, 1.807) is 5.32 Å². The van der Waals surface area contributed by atoms with Gasteiger partial charge in [0.15, 0.2) is 9.84 Å². The van der Waals surface area contributed by atoms with E-state index in [4.69, 9.17) is 0 Å². The van der Waals surface area contributed by atoms with Gasteiger partial charge in [-0.2, -0.15) is 13.2 Å². The van der Waals surface area contributed by atoms with Crippen LogP contribution in [0.1, 0.15) is 15.9 Å².